The Bertz CT molecular complexity index is 648. The predicted octanol–water partition coefficient (Wildman–Crippen LogP) is 2.76. The maximum absolute atomic E-state index is 14.0. The minimum atomic E-state index is -0.957. The second kappa shape index (κ2) is 5.28. The smallest absolute Gasteiger partial charge is 0.170 e. The van der Waals surface area contributed by atoms with Crippen LogP contribution in [0.4, 0.5) is 8.78 Å². The van der Waals surface area contributed by atoms with Gasteiger partial charge in [0.25, 0.3) is 0 Å². The van der Waals surface area contributed by atoms with Crippen molar-refractivity contribution < 1.29 is 18.3 Å². The molecule has 2 aromatic rings. The lowest BCUT2D eigenvalue weighted by molar-refractivity contribution is -0.107. The van der Waals surface area contributed by atoms with Gasteiger partial charge in [-0.1, -0.05) is 0 Å². The number of fused-ring (bicyclic) bond motifs is 1. The van der Waals surface area contributed by atoms with E-state index in [0.29, 0.717) is 18.4 Å². The summed E-state index contributed by atoms with van der Waals surface area (Å²) in [7, 11) is 0. The lowest BCUT2D eigenvalue weighted by Gasteiger charge is -2.23. The number of benzene rings is 1. The molecule has 1 aliphatic rings. The predicted molar refractivity (Wildman–Crippen MR) is 68.3 cm³/mol. The summed E-state index contributed by atoms with van der Waals surface area (Å²) in [5.41, 5.74) is 0.717. The third kappa shape index (κ3) is 2.10. The van der Waals surface area contributed by atoms with Gasteiger partial charge in [-0.15, -0.1) is 0 Å². The molecule has 0 bridgehead atoms. The van der Waals surface area contributed by atoms with Crippen molar-refractivity contribution in [2.45, 2.75) is 31.9 Å². The van der Waals surface area contributed by atoms with Gasteiger partial charge >= 0.3 is 0 Å². The Labute approximate surface area is 114 Å². The minimum Gasteiger partial charge on any atom is -0.356 e. The average Bonchev–Trinajstić information content (AvgIpc) is 2.84. The third-order valence-electron chi connectivity index (χ3n) is 3.54. The molecule has 1 atom stereocenters. The molecule has 1 unspecified atom stereocenters. The van der Waals surface area contributed by atoms with Crippen molar-refractivity contribution in [1.82, 2.24) is 9.78 Å². The van der Waals surface area contributed by atoms with Crippen LogP contribution in [0.2, 0.25) is 0 Å². The van der Waals surface area contributed by atoms with E-state index in [9.17, 15) is 13.6 Å². The molecule has 0 aliphatic carbocycles. The van der Waals surface area contributed by atoms with Crippen LogP contribution in [0.5, 0.6) is 0 Å². The van der Waals surface area contributed by atoms with Gasteiger partial charge in [0.2, 0.25) is 0 Å². The van der Waals surface area contributed by atoms with E-state index in [4.69, 9.17) is 4.74 Å². The maximum Gasteiger partial charge on any atom is 0.170 e. The third-order valence-corrected chi connectivity index (χ3v) is 3.54. The first-order valence-corrected chi connectivity index (χ1v) is 6.62. The molecule has 1 saturated heterocycles. The molecular formula is C14H14F2N2O2. The fraction of sp³-hybridized carbons (Fsp3) is 0.429. The van der Waals surface area contributed by atoms with Crippen molar-refractivity contribution >= 4 is 17.2 Å². The second-order valence-electron chi connectivity index (χ2n) is 4.84. The van der Waals surface area contributed by atoms with Gasteiger partial charge in [0.15, 0.2) is 17.9 Å². The highest BCUT2D eigenvalue weighted by molar-refractivity contribution is 5.84. The van der Waals surface area contributed by atoms with Crippen LogP contribution in [-0.2, 0) is 16.0 Å². The van der Waals surface area contributed by atoms with Crippen molar-refractivity contribution in [3.63, 3.8) is 0 Å². The number of carbonyl (C=O) groups excluding carboxylic acids is 1. The molecule has 3 rings (SSSR count). The molecule has 0 radical (unpaired) electrons. The van der Waals surface area contributed by atoms with E-state index in [2.05, 4.69) is 5.10 Å². The molecule has 1 aromatic heterocycles. The van der Waals surface area contributed by atoms with Gasteiger partial charge < -0.3 is 9.53 Å². The monoisotopic (exact) mass is 280 g/mol. The number of rotatable bonds is 3. The summed E-state index contributed by atoms with van der Waals surface area (Å²) in [6, 6.07) is 2.55. The van der Waals surface area contributed by atoms with Gasteiger partial charge in [-0.3, -0.25) is 0 Å². The van der Waals surface area contributed by atoms with E-state index >= 15 is 0 Å². The summed E-state index contributed by atoms with van der Waals surface area (Å²) < 4.78 is 34.6. The van der Waals surface area contributed by atoms with E-state index in [-0.39, 0.29) is 23.7 Å². The molecule has 2 heterocycles. The molecule has 1 fully saturated rings. The first kappa shape index (κ1) is 13.2. The number of halogens is 2. The molecular weight excluding hydrogens is 266 g/mol. The number of aromatic nitrogens is 2. The SMILES string of the molecule is O=CCc1nn(C2CCCCO2)c2ccc(F)c(F)c12. The van der Waals surface area contributed by atoms with Crippen molar-refractivity contribution in [3.05, 3.63) is 29.5 Å². The van der Waals surface area contributed by atoms with Gasteiger partial charge in [-0.05, 0) is 31.4 Å². The quantitative estimate of drug-likeness (QED) is 0.812. The largest absolute Gasteiger partial charge is 0.356 e. The molecule has 6 heteroatoms. The molecule has 0 amide bonds. The highest BCUT2D eigenvalue weighted by Gasteiger charge is 2.23. The molecule has 0 spiro atoms. The van der Waals surface area contributed by atoms with Crippen molar-refractivity contribution in [1.29, 1.82) is 0 Å². The van der Waals surface area contributed by atoms with E-state index in [1.54, 1.807) is 4.68 Å². The van der Waals surface area contributed by atoms with Crippen LogP contribution in [0.3, 0.4) is 0 Å². The topological polar surface area (TPSA) is 44.1 Å². The van der Waals surface area contributed by atoms with Crippen LogP contribution < -0.4 is 0 Å². The maximum atomic E-state index is 14.0. The Morgan fingerprint density at radius 3 is 2.95 bits per heavy atom. The fourth-order valence-corrected chi connectivity index (χ4v) is 2.60. The molecule has 4 nitrogen and oxygen atoms in total. The van der Waals surface area contributed by atoms with Crippen molar-refractivity contribution in [2.24, 2.45) is 0 Å². The van der Waals surface area contributed by atoms with Gasteiger partial charge in [0, 0.05) is 13.0 Å². The van der Waals surface area contributed by atoms with Crippen molar-refractivity contribution in [3.8, 4) is 0 Å². The number of carbonyl (C=O) groups is 1. The summed E-state index contributed by atoms with van der Waals surface area (Å²) in [5.74, 6) is -1.89. The second-order valence-corrected chi connectivity index (χ2v) is 4.84. The lowest BCUT2D eigenvalue weighted by Crippen LogP contribution is -2.19. The highest BCUT2D eigenvalue weighted by Crippen LogP contribution is 2.30. The zero-order valence-corrected chi connectivity index (χ0v) is 10.8. The van der Waals surface area contributed by atoms with Crippen LogP contribution in [0.25, 0.3) is 10.9 Å². The van der Waals surface area contributed by atoms with Gasteiger partial charge in [0.1, 0.15) is 6.29 Å². The van der Waals surface area contributed by atoms with Crippen molar-refractivity contribution in [2.75, 3.05) is 6.61 Å². The molecule has 20 heavy (non-hydrogen) atoms. The number of hydrogen-bond donors (Lipinski definition) is 0. The standard InChI is InChI=1S/C14H14F2N2O2/c15-9-4-5-11-13(14(9)16)10(6-7-19)17-18(11)12-3-1-2-8-20-12/h4-5,7,12H,1-3,6,8H2. The fourth-order valence-electron chi connectivity index (χ4n) is 2.60. The van der Waals surface area contributed by atoms with Gasteiger partial charge in [-0.25, -0.2) is 13.5 Å². The molecule has 0 saturated carbocycles. The zero-order valence-electron chi connectivity index (χ0n) is 10.8. The summed E-state index contributed by atoms with van der Waals surface area (Å²) in [5, 5.41) is 4.33. The lowest BCUT2D eigenvalue weighted by atomic mass is 10.1. The van der Waals surface area contributed by atoms with Gasteiger partial charge in [0.05, 0.1) is 16.6 Å². The van der Waals surface area contributed by atoms with E-state index in [1.165, 1.54) is 6.07 Å². The Balaban J connectivity index is 2.17. The highest BCUT2D eigenvalue weighted by atomic mass is 19.2. The molecule has 106 valence electrons. The Kier molecular flexibility index (Phi) is 3.48. The Morgan fingerprint density at radius 1 is 1.40 bits per heavy atom. The van der Waals surface area contributed by atoms with Crippen LogP contribution in [0.1, 0.15) is 31.2 Å². The Morgan fingerprint density at radius 2 is 2.25 bits per heavy atom. The first-order valence-electron chi connectivity index (χ1n) is 6.62. The summed E-state index contributed by atoms with van der Waals surface area (Å²) in [6.45, 7) is 0.624. The van der Waals surface area contributed by atoms with Gasteiger partial charge in [-0.2, -0.15) is 5.10 Å². The average molecular weight is 280 g/mol. The summed E-state index contributed by atoms with van der Waals surface area (Å²) in [4.78, 5) is 10.7. The molecule has 1 aliphatic heterocycles. The number of aldehydes is 1. The normalized spacial score (nSPS) is 19.4. The van der Waals surface area contributed by atoms with Crippen LogP contribution in [0, 0.1) is 11.6 Å². The summed E-state index contributed by atoms with van der Waals surface area (Å²) in [6.07, 6.45) is 3.07. The van der Waals surface area contributed by atoms with Crippen LogP contribution in [-0.4, -0.2) is 22.7 Å². The number of hydrogen-bond acceptors (Lipinski definition) is 3. The first-order chi connectivity index (χ1) is 9.72. The summed E-state index contributed by atoms with van der Waals surface area (Å²) >= 11 is 0. The van der Waals surface area contributed by atoms with Crippen LogP contribution in [0.15, 0.2) is 12.1 Å². The number of ether oxygens (including phenoxy) is 1. The Hall–Kier alpha value is -1.82. The van der Waals surface area contributed by atoms with E-state index in [1.807, 2.05) is 0 Å². The molecule has 0 N–H and O–H groups in total. The van der Waals surface area contributed by atoms with E-state index < -0.39 is 11.6 Å². The number of nitrogens with zero attached hydrogens (tertiary/aromatic N) is 2. The van der Waals surface area contributed by atoms with E-state index in [0.717, 1.165) is 25.3 Å². The van der Waals surface area contributed by atoms with Crippen LogP contribution >= 0.6 is 0 Å². The minimum absolute atomic E-state index is 0.0450. The zero-order chi connectivity index (χ0) is 14.1. The molecule has 1 aromatic carbocycles.